The first kappa shape index (κ1) is 16.4. The van der Waals surface area contributed by atoms with Crippen LogP contribution in [0.2, 0.25) is 0 Å². The lowest BCUT2D eigenvalue weighted by molar-refractivity contribution is 0.102. The van der Waals surface area contributed by atoms with Crippen LogP contribution in [0.5, 0.6) is 0 Å². The van der Waals surface area contributed by atoms with Crippen LogP contribution in [-0.2, 0) is 0 Å². The molecule has 3 heteroatoms. The van der Waals surface area contributed by atoms with Gasteiger partial charge in [0, 0.05) is 16.1 Å². The van der Waals surface area contributed by atoms with Gasteiger partial charge in [-0.1, -0.05) is 42.6 Å². The van der Waals surface area contributed by atoms with Gasteiger partial charge in [-0.15, -0.1) is 0 Å². The molecule has 2 aromatic rings. The summed E-state index contributed by atoms with van der Waals surface area (Å²) in [7, 11) is 0. The molecule has 22 heavy (non-hydrogen) atoms. The molecule has 2 aromatic carbocycles. The number of carbonyl (C=O) groups excluding carboxylic acids is 1. The standard InChI is InChI=1S/C19H21NOS/c1-12(2)22-17-11-16(10-9-13(17)3)19(21)20-18-14(4)7-6-8-15(18)5/h6-11H,1H2,2-5H3,(H,20,21). The summed E-state index contributed by atoms with van der Waals surface area (Å²) in [5.41, 5.74) is 4.84. The highest BCUT2D eigenvalue weighted by Gasteiger charge is 2.11. The highest BCUT2D eigenvalue weighted by Crippen LogP contribution is 2.29. The molecule has 0 atom stereocenters. The van der Waals surface area contributed by atoms with E-state index < -0.39 is 0 Å². The van der Waals surface area contributed by atoms with Crippen LogP contribution in [0.3, 0.4) is 0 Å². The average Bonchev–Trinajstić information content (AvgIpc) is 2.44. The second kappa shape index (κ2) is 6.84. The molecule has 0 heterocycles. The van der Waals surface area contributed by atoms with Crippen molar-refractivity contribution >= 4 is 23.4 Å². The number of anilines is 1. The lowest BCUT2D eigenvalue weighted by atomic mass is 10.1. The molecule has 0 bridgehead atoms. The highest BCUT2D eigenvalue weighted by molar-refractivity contribution is 8.03. The molecule has 1 N–H and O–H groups in total. The molecule has 0 aliphatic carbocycles. The Bertz CT molecular complexity index is 714. The van der Waals surface area contributed by atoms with E-state index in [1.165, 1.54) is 0 Å². The molecule has 2 rings (SSSR count). The van der Waals surface area contributed by atoms with Crippen LogP contribution < -0.4 is 5.32 Å². The van der Waals surface area contributed by atoms with Crippen LogP contribution in [0.15, 0.2) is 52.8 Å². The minimum atomic E-state index is -0.0824. The van der Waals surface area contributed by atoms with Crippen molar-refractivity contribution in [2.24, 2.45) is 0 Å². The van der Waals surface area contributed by atoms with Crippen molar-refractivity contribution < 1.29 is 4.79 Å². The molecular weight excluding hydrogens is 290 g/mol. The number of rotatable bonds is 4. The van der Waals surface area contributed by atoms with Crippen LogP contribution in [0.1, 0.15) is 34.0 Å². The maximum atomic E-state index is 12.5. The molecule has 0 aromatic heterocycles. The van der Waals surface area contributed by atoms with Crippen molar-refractivity contribution in [1.29, 1.82) is 0 Å². The number of aryl methyl sites for hydroxylation is 3. The summed E-state index contributed by atoms with van der Waals surface area (Å²) < 4.78 is 0. The summed E-state index contributed by atoms with van der Waals surface area (Å²) in [6.07, 6.45) is 0. The lowest BCUT2D eigenvalue weighted by Crippen LogP contribution is -2.14. The zero-order valence-corrected chi connectivity index (χ0v) is 14.3. The van der Waals surface area contributed by atoms with Gasteiger partial charge in [0.1, 0.15) is 0 Å². The SMILES string of the molecule is C=C(C)Sc1cc(C(=O)Nc2c(C)cccc2C)ccc1C. The predicted molar refractivity (Wildman–Crippen MR) is 95.7 cm³/mol. The Morgan fingerprint density at radius 3 is 2.27 bits per heavy atom. The van der Waals surface area contributed by atoms with E-state index in [1.807, 2.05) is 64.1 Å². The monoisotopic (exact) mass is 311 g/mol. The van der Waals surface area contributed by atoms with E-state index in [2.05, 4.69) is 11.9 Å². The Labute approximate surface area is 136 Å². The maximum Gasteiger partial charge on any atom is 0.255 e. The Kier molecular flexibility index (Phi) is 5.09. The van der Waals surface area contributed by atoms with Crippen molar-refractivity contribution in [2.45, 2.75) is 32.6 Å². The van der Waals surface area contributed by atoms with Crippen molar-refractivity contribution in [2.75, 3.05) is 5.32 Å². The van der Waals surface area contributed by atoms with Gasteiger partial charge in [-0.05, 0) is 61.4 Å². The first-order valence-electron chi connectivity index (χ1n) is 7.20. The van der Waals surface area contributed by atoms with E-state index >= 15 is 0 Å². The topological polar surface area (TPSA) is 29.1 Å². The van der Waals surface area contributed by atoms with Gasteiger partial charge in [0.05, 0.1) is 0 Å². The zero-order valence-electron chi connectivity index (χ0n) is 13.5. The third kappa shape index (κ3) is 3.80. The quantitative estimate of drug-likeness (QED) is 0.756. The number of hydrogen-bond acceptors (Lipinski definition) is 2. The van der Waals surface area contributed by atoms with E-state index in [1.54, 1.807) is 11.8 Å². The van der Waals surface area contributed by atoms with Gasteiger partial charge >= 0.3 is 0 Å². The van der Waals surface area contributed by atoms with E-state index in [9.17, 15) is 4.79 Å². The number of thioether (sulfide) groups is 1. The summed E-state index contributed by atoms with van der Waals surface area (Å²) in [4.78, 5) is 14.6. The van der Waals surface area contributed by atoms with Crippen LogP contribution in [0.25, 0.3) is 0 Å². The Morgan fingerprint density at radius 2 is 1.68 bits per heavy atom. The van der Waals surface area contributed by atoms with Crippen LogP contribution in [0.4, 0.5) is 5.69 Å². The molecule has 0 saturated heterocycles. The number of para-hydroxylation sites is 1. The predicted octanol–water partition coefficient (Wildman–Crippen LogP) is 5.49. The Hall–Kier alpha value is -2.00. The third-order valence-electron chi connectivity index (χ3n) is 3.45. The summed E-state index contributed by atoms with van der Waals surface area (Å²) in [6.45, 7) is 11.9. The average molecular weight is 311 g/mol. The van der Waals surface area contributed by atoms with Gasteiger partial charge in [-0.2, -0.15) is 0 Å². The molecular formula is C19H21NOS. The fourth-order valence-electron chi connectivity index (χ4n) is 2.24. The van der Waals surface area contributed by atoms with E-state index in [-0.39, 0.29) is 5.91 Å². The highest BCUT2D eigenvalue weighted by atomic mass is 32.2. The van der Waals surface area contributed by atoms with E-state index in [0.29, 0.717) is 5.56 Å². The first-order valence-corrected chi connectivity index (χ1v) is 8.01. The smallest absolute Gasteiger partial charge is 0.255 e. The lowest BCUT2D eigenvalue weighted by Gasteiger charge is -2.13. The van der Waals surface area contributed by atoms with Crippen molar-refractivity contribution in [3.63, 3.8) is 0 Å². The summed E-state index contributed by atoms with van der Waals surface area (Å²) in [5, 5.41) is 3.02. The second-order valence-electron chi connectivity index (χ2n) is 5.51. The summed E-state index contributed by atoms with van der Waals surface area (Å²) >= 11 is 1.59. The minimum absolute atomic E-state index is 0.0824. The van der Waals surface area contributed by atoms with Crippen LogP contribution in [0, 0.1) is 20.8 Å². The van der Waals surface area contributed by atoms with Crippen molar-refractivity contribution in [1.82, 2.24) is 0 Å². The number of benzene rings is 2. The number of allylic oxidation sites excluding steroid dienone is 1. The normalized spacial score (nSPS) is 10.4. The van der Waals surface area contributed by atoms with Gasteiger partial charge < -0.3 is 5.32 Å². The number of carbonyl (C=O) groups is 1. The molecule has 0 radical (unpaired) electrons. The van der Waals surface area contributed by atoms with Gasteiger partial charge in [0.25, 0.3) is 5.91 Å². The maximum absolute atomic E-state index is 12.5. The van der Waals surface area contributed by atoms with Gasteiger partial charge in [-0.3, -0.25) is 4.79 Å². The molecule has 114 valence electrons. The molecule has 0 aliphatic rings. The Balaban J connectivity index is 2.28. The molecule has 1 amide bonds. The second-order valence-corrected chi connectivity index (χ2v) is 6.85. The van der Waals surface area contributed by atoms with Crippen molar-refractivity contribution in [3.05, 3.63) is 70.1 Å². The number of amides is 1. The zero-order chi connectivity index (χ0) is 16.3. The molecule has 0 fully saturated rings. The van der Waals surface area contributed by atoms with Gasteiger partial charge in [0.2, 0.25) is 0 Å². The molecule has 0 unspecified atom stereocenters. The molecule has 2 nitrogen and oxygen atoms in total. The van der Waals surface area contributed by atoms with Crippen LogP contribution in [-0.4, -0.2) is 5.91 Å². The molecule has 0 spiro atoms. The largest absolute Gasteiger partial charge is 0.322 e. The van der Waals surface area contributed by atoms with E-state index in [4.69, 9.17) is 0 Å². The van der Waals surface area contributed by atoms with Crippen LogP contribution >= 0.6 is 11.8 Å². The fourth-order valence-corrected chi connectivity index (χ4v) is 3.03. The van der Waals surface area contributed by atoms with Crippen molar-refractivity contribution in [3.8, 4) is 0 Å². The minimum Gasteiger partial charge on any atom is -0.322 e. The van der Waals surface area contributed by atoms with Gasteiger partial charge in [0.15, 0.2) is 0 Å². The van der Waals surface area contributed by atoms with Gasteiger partial charge in [-0.25, -0.2) is 0 Å². The molecule has 0 saturated carbocycles. The fraction of sp³-hybridized carbons (Fsp3) is 0.211. The third-order valence-corrected chi connectivity index (χ3v) is 4.46. The van der Waals surface area contributed by atoms with E-state index in [0.717, 1.165) is 32.2 Å². The molecule has 0 aliphatic heterocycles. The Morgan fingerprint density at radius 1 is 1.05 bits per heavy atom. The number of hydrogen-bond donors (Lipinski definition) is 1. The first-order chi connectivity index (χ1) is 10.4. The summed E-state index contributed by atoms with van der Waals surface area (Å²) in [6, 6.07) is 11.8. The summed E-state index contributed by atoms with van der Waals surface area (Å²) in [5.74, 6) is -0.0824. The number of nitrogens with one attached hydrogen (secondary N) is 1.